The maximum Gasteiger partial charge on any atom is 0.488 e. The zero-order valence-corrected chi connectivity index (χ0v) is 8.30. The molecule has 6 heteroatoms. The van der Waals surface area contributed by atoms with Gasteiger partial charge in [0.25, 0.3) is 5.91 Å². The summed E-state index contributed by atoms with van der Waals surface area (Å²) in [5.74, 6) is -0.365. The molecule has 0 saturated carbocycles. The van der Waals surface area contributed by atoms with Crippen LogP contribution in [-0.4, -0.2) is 29.7 Å². The first-order chi connectivity index (χ1) is 7.15. The Bertz CT molecular complexity index is 325. The van der Waals surface area contributed by atoms with Gasteiger partial charge in [-0.1, -0.05) is 12.1 Å². The zero-order chi connectivity index (χ0) is 11.3. The molecule has 5 nitrogen and oxygen atoms in total. The summed E-state index contributed by atoms with van der Waals surface area (Å²) in [7, 11) is -1.52. The van der Waals surface area contributed by atoms with Crippen LogP contribution in [0, 0.1) is 0 Å². The smallest absolute Gasteiger partial charge is 0.423 e. The van der Waals surface area contributed by atoms with Crippen LogP contribution < -0.4 is 10.9 Å². The van der Waals surface area contributed by atoms with Gasteiger partial charge in [-0.15, -0.1) is 0 Å². The van der Waals surface area contributed by atoms with Crippen molar-refractivity contribution in [1.29, 1.82) is 0 Å². The maximum absolute atomic E-state index is 11.3. The molecule has 0 radical (unpaired) electrons. The molecule has 0 aliphatic carbocycles. The molecule has 0 atom stereocenters. The van der Waals surface area contributed by atoms with E-state index in [4.69, 9.17) is 14.9 Å². The van der Waals surface area contributed by atoms with Gasteiger partial charge in [0, 0.05) is 5.56 Å². The largest absolute Gasteiger partial charge is 0.488 e. The number of amides is 1. The number of hydrogen-bond donors (Lipinski definition) is 3. The highest BCUT2D eigenvalue weighted by Gasteiger charge is 2.11. The highest BCUT2D eigenvalue weighted by molar-refractivity contribution is 6.58. The molecular weight excluding hydrogens is 197 g/mol. The number of nitrogens with one attached hydrogen (secondary N) is 1. The van der Waals surface area contributed by atoms with Gasteiger partial charge in [-0.3, -0.25) is 9.63 Å². The number of carbonyl (C=O) groups excluding carboxylic acids is 1. The fraction of sp³-hybridized carbons (Fsp3) is 0.222. The molecule has 1 aromatic carbocycles. The van der Waals surface area contributed by atoms with E-state index in [1.54, 1.807) is 6.92 Å². The normalized spacial score (nSPS) is 9.80. The molecule has 0 unspecified atom stereocenters. The first-order valence-corrected chi connectivity index (χ1v) is 4.53. The van der Waals surface area contributed by atoms with Gasteiger partial charge < -0.3 is 10.0 Å². The average Bonchev–Trinajstić information content (AvgIpc) is 2.26. The van der Waals surface area contributed by atoms with E-state index in [1.165, 1.54) is 24.3 Å². The third-order valence-corrected chi connectivity index (χ3v) is 1.78. The van der Waals surface area contributed by atoms with Crippen molar-refractivity contribution in [3.05, 3.63) is 29.8 Å². The van der Waals surface area contributed by atoms with Gasteiger partial charge >= 0.3 is 7.12 Å². The molecule has 0 saturated heterocycles. The number of benzene rings is 1. The van der Waals surface area contributed by atoms with Crippen molar-refractivity contribution in [2.24, 2.45) is 0 Å². The lowest BCUT2D eigenvalue weighted by Gasteiger charge is -2.04. The topological polar surface area (TPSA) is 78.8 Å². The second-order valence-corrected chi connectivity index (χ2v) is 2.86. The molecule has 0 fully saturated rings. The summed E-state index contributed by atoms with van der Waals surface area (Å²) in [6.07, 6.45) is 0. The van der Waals surface area contributed by atoms with Crippen molar-refractivity contribution in [3.8, 4) is 0 Å². The summed E-state index contributed by atoms with van der Waals surface area (Å²) in [6, 6.07) is 5.91. The van der Waals surface area contributed by atoms with Crippen LogP contribution in [0.2, 0.25) is 0 Å². The minimum atomic E-state index is -1.52. The Morgan fingerprint density at radius 2 is 2.00 bits per heavy atom. The highest BCUT2D eigenvalue weighted by Crippen LogP contribution is 1.97. The molecular formula is C9H12BNO4. The summed E-state index contributed by atoms with van der Waals surface area (Å²) >= 11 is 0. The summed E-state index contributed by atoms with van der Waals surface area (Å²) in [5.41, 5.74) is 2.97. The van der Waals surface area contributed by atoms with Crippen LogP contribution >= 0.6 is 0 Å². The van der Waals surface area contributed by atoms with Crippen LogP contribution in [-0.2, 0) is 4.84 Å². The average molecular weight is 209 g/mol. The molecule has 0 bridgehead atoms. The van der Waals surface area contributed by atoms with Crippen molar-refractivity contribution < 1.29 is 19.7 Å². The van der Waals surface area contributed by atoms with E-state index in [0.717, 1.165) is 0 Å². The first kappa shape index (κ1) is 11.7. The molecule has 0 aliphatic heterocycles. The Balaban J connectivity index is 2.67. The Kier molecular flexibility index (Phi) is 4.29. The molecule has 1 amide bonds. The number of hydroxylamine groups is 1. The van der Waals surface area contributed by atoms with Gasteiger partial charge in [0.05, 0.1) is 6.61 Å². The van der Waals surface area contributed by atoms with Gasteiger partial charge in [-0.2, -0.15) is 0 Å². The second-order valence-electron chi connectivity index (χ2n) is 2.86. The van der Waals surface area contributed by atoms with Gasteiger partial charge in [-0.05, 0) is 24.5 Å². The summed E-state index contributed by atoms with van der Waals surface area (Å²) in [4.78, 5) is 16.1. The molecule has 15 heavy (non-hydrogen) atoms. The van der Waals surface area contributed by atoms with E-state index in [-0.39, 0.29) is 5.91 Å². The quantitative estimate of drug-likeness (QED) is 0.441. The Hall–Kier alpha value is -1.37. The molecule has 0 heterocycles. The van der Waals surface area contributed by atoms with Crippen molar-refractivity contribution in [2.45, 2.75) is 6.92 Å². The predicted molar refractivity (Wildman–Crippen MR) is 55.4 cm³/mol. The molecule has 0 spiro atoms. The number of rotatable bonds is 4. The minimum absolute atomic E-state index is 0.336. The standard InChI is InChI=1S/C9H12BNO4/c1-2-15-11-9(12)7-3-5-8(6-4-7)10(13)14/h3-6,13-14H,2H2,1H3,(H,11,12). The van der Waals surface area contributed by atoms with Gasteiger partial charge in [0.2, 0.25) is 0 Å². The molecule has 0 aromatic heterocycles. The van der Waals surface area contributed by atoms with Crippen LogP contribution in [0.25, 0.3) is 0 Å². The third kappa shape index (κ3) is 3.36. The fourth-order valence-corrected chi connectivity index (χ4v) is 1.00. The molecule has 1 rings (SSSR count). The Morgan fingerprint density at radius 3 is 2.47 bits per heavy atom. The van der Waals surface area contributed by atoms with Crippen molar-refractivity contribution in [3.63, 3.8) is 0 Å². The monoisotopic (exact) mass is 209 g/mol. The lowest BCUT2D eigenvalue weighted by atomic mass is 9.80. The molecule has 3 N–H and O–H groups in total. The van der Waals surface area contributed by atoms with Crippen LogP contribution in [0.4, 0.5) is 0 Å². The predicted octanol–water partition coefficient (Wildman–Crippen LogP) is -0.952. The summed E-state index contributed by atoms with van der Waals surface area (Å²) < 4.78 is 0. The third-order valence-electron chi connectivity index (χ3n) is 1.78. The van der Waals surface area contributed by atoms with Crippen LogP contribution in [0.15, 0.2) is 24.3 Å². The van der Waals surface area contributed by atoms with Gasteiger partial charge in [0.15, 0.2) is 0 Å². The van der Waals surface area contributed by atoms with Gasteiger partial charge in [0.1, 0.15) is 0 Å². The molecule has 0 aliphatic rings. The maximum atomic E-state index is 11.3. The lowest BCUT2D eigenvalue weighted by Crippen LogP contribution is -2.30. The highest BCUT2D eigenvalue weighted by atomic mass is 16.6. The van der Waals surface area contributed by atoms with E-state index in [9.17, 15) is 4.79 Å². The summed E-state index contributed by atoms with van der Waals surface area (Å²) in [6.45, 7) is 2.14. The van der Waals surface area contributed by atoms with E-state index in [0.29, 0.717) is 17.6 Å². The zero-order valence-electron chi connectivity index (χ0n) is 8.30. The Morgan fingerprint density at radius 1 is 1.40 bits per heavy atom. The Labute approximate surface area is 87.8 Å². The van der Waals surface area contributed by atoms with Crippen LogP contribution in [0.1, 0.15) is 17.3 Å². The fourth-order valence-electron chi connectivity index (χ4n) is 1.00. The van der Waals surface area contributed by atoms with Crippen molar-refractivity contribution >= 4 is 18.5 Å². The SMILES string of the molecule is CCONC(=O)c1ccc(B(O)O)cc1. The van der Waals surface area contributed by atoms with E-state index < -0.39 is 7.12 Å². The van der Waals surface area contributed by atoms with Gasteiger partial charge in [-0.25, -0.2) is 5.48 Å². The summed E-state index contributed by atoms with van der Waals surface area (Å²) in [5, 5.41) is 17.6. The first-order valence-electron chi connectivity index (χ1n) is 4.53. The minimum Gasteiger partial charge on any atom is -0.423 e. The molecule has 1 aromatic rings. The molecule has 80 valence electrons. The van der Waals surface area contributed by atoms with Crippen LogP contribution in [0.5, 0.6) is 0 Å². The van der Waals surface area contributed by atoms with Crippen molar-refractivity contribution in [1.82, 2.24) is 5.48 Å². The van der Waals surface area contributed by atoms with E-state index in [2.05, 4.69) is 5.48 Å². The van der Waals surface area contributed by atoms with E-state index >= 15 is 0 Å². The second kappa shape index (κ2) is 5.50. The van der Waals surface area contributed by atoms with E-state index in [1.807, 2.05) is 0 Å². The lowest BCUT2D eigenvalue weighted by molar-refractivity contribution is 0.0364. The van der Waals surface area contributed by atoms with Crippen LogP contribution in [0.3, 0.4) is 0 Å². The number of hydrogen-bond acceptors (Lipinski definition) is 4. The number of carbonyl (C=O) groups is 1. The van der Waals surface area contributed by atoms with Crippen molar-refractivity contribution in [2.75, 3.05) is 6.61 Å².